The SMILES string of the molecule is COc1cc(N2CCN(C(=O)C3CCC(=O)NC3)CC2)nc(C)n1. The molecule has 1 aromatic heterocycles. The fourth-order valence-corrected chi connectivity index (χ4v) is 3.15. The lowest BCUT2D eigenvalue weighted by Crippen LogP contribution is -2.52. The van der Waals surface area contributed by atoms with Crippen LogP contribution >= 0.6 is 0 Å². The molecule has 1 atom stereocenters. The van der Waals surface area contributed by atoms with Gasteiger partial charge in [-0.25, -0.2) is 4.98 Å². The molecule has 0 bridgehead atoms. The summed E-state index contributed by atoms with van der Waals surface area (Å²) in [5.74, 6) is 2.14. The maximum Gasteiger partial charge on any atom is 0.227 e. The number of nitrogens with zero attached hydrogens (tertiary/aromatic N) is 4. The molecule has 2 saturated heterocycles. The fourth-order valence-electron chi connectivity index (χ4n) is 3.15. The molecule has 2 aliphatic heterocycles. The van der Waals surface area contributed by atoms with E-state index in [1.165, 1.54) is 0 Å². The van der Waals surface area contributed by atoms with Crippen molar-refractivity contribution in [2.45, 2.75) is 19.8 Å². The molecule has 0 spiro atoms. The summed E-state index contributed by atoms with van der Waals surface area (Å²) in [5.41, 5.74) is 0. The fraction of sp³-hybridized carbons (Fsp3) is 0.625. The maximum absolute atomic E-state index is 12.6. The van der Waals surface area contributed by atoms with E-state index in [9.17, 15) is 9.59 Å². The van der Waals surface area contributed by atoms with Crippen LogP contribution in [0.4, 0.5) is 5.82 Å². The Morgan fingerprint density at radius 2 is 2.04 bits per heavy atom. The van der Waals surface area contributed by atoms with Crippen molar-refractivity contribution in [3.05, 3.63) is 11.9 Å². The molecule has 3 rings (SSSR count). The van der Waals surface area contributed by atoms with Gasteiger partial charge in [0.2, 0.25) is 17.7 Å². The van der Waals surface area contributed by atoms with Crippen LogP contribution in [0.3, 0.4) is 0 Å². The molecule has 2 amide bonds. The second-order valence-corrected chi connectivity index (χ2v) is 6.17. The van der Waals surface area contributed by atoms with E-state index in [0.717, 1.165) is 18.9 Å². The van der Waals surface area contributed by atoms with Gasteiger partial charge in [0.25, 0.3) is 0 Å². The monoisotopic (exact) mass is 333 g/mol. The number of piperidine rings is 1. The highest BCUT2D eigenvalue weighted by atomic mass is 16.5. The highest BCUT2D eigenvalue weighted by molar-refractivity contribution is 5.84. The van der Waals surface area contributed by atoms with Gasteiger partial charge in [-0.05, 0) is 13.3 Å². The number of amides is 2. The van der Waals surface area contributed by atoms with E-state index in [0.29, 0.717) is 44.2 Å². The Balaban J connectivity index is 1.58. The summed E-state index contributed by atoms with van der Waals surface area (Å²) >= 11 is 0. The number of nitrogens with one attached hydrogen (secondary N) is 1. The summed E-state index contributed by atoms with van der Waals surface area (Å²) in [6, 6.07) is 1.82. The molecule has 1 aromatic rings. The molecular formula is C16H23N5O3. The van der Waals surface area contributed by atoms with Crippen molar-refractivity contribution in [1.82, 2.24) is 20.2 Å². The predicted octanol–water partition coefficient (Wildman–Crippen LogP) is -0.0316. The number of rotatable bonds is 3. The first-order chi connectivity index (χ1) is 11.6. The second kappa shape index (κ2) is 7.02. The van der Waals surface area contributed by atoms with Crippen molar-refractivity contribution in [3.8, 4) is 5.88 Å². The lowest BCUT2D eigenvalue weighted by atomic mass is 9.97. The van der Waals surface area contributed by atoms with E-state index in [4.69, 9.17) is 4.74 Å². The minimum absolute atomic E-state index is 0.0388. The van der Waals surface area contributed by atoms with Crippen molar-refractivity contribution < 1.29 is 14.3 Å². The zero-order chi connectivity index (χ0) is 17.1. The molecule has 0 saturated carbocycles. The zero-order valence-corrected chi connectivity index (χ0v) is 14.1. The molecule has 2 aliphatic rings. The quantitative estimate of drug-likeness (QED) is 0.836. The number of methoxy groups -OCH3 is 1. The molecule has 1 N–H and O–H groups in total. The molecule has 8 heteroatoms. The zero-order valence-electron chi connectivity index (χ0n) is 14.1. The Morgan fingerprint density at radius 3 is 2.67 bits per heavy atom. The van der Waals surface area contributed by atoms with Crippen LogP contribution in [0.15, 0.2) is 6.07 Å². The Kier molecular flexibility index (Phi) is 4.82. The van der Waals surface area contributed by atoms with Crippen LogP contribution < -0.4 is 15.0 Å². The third-order valence-electron chi connectivity index (χ3n) is 4.54. The van der Waals surface area contributed by atoms with Crippen LogP contribution in [-0.2, 0) is 9.59 Å². The van der Waals surface area contributed by atoms with Gasteiger partial charge in [0, 0.05) is 45.2 Å². The van der Waals surface area contributed by atoms with Gasteiger partial charge in [-0.3, -0.25) is 9.59 Å². The number of anilines is 1. The van der Waals surface area contributed by atoms with Crippen LogP contribution in [-0.4, -0.2) is 66.5 Å². The molecule has 0 aliphatic carbocycles. The van der Waals surface area contributed by atoms with Crippen molar-refractivity contribution in [3.63, 3.8) is 0 Å². The number of hydrogen-bond donors (Lipinski definition) is 1. The Morgan fingerprint density at radius 1 is 1.29 bits per heavy atom. The van der Waals surface area contributed by atoms with E-state index in [1.807, 2.05) is 17.9 Å². The number of aryl methyl sites for hydroxylation is 1. The third kappa shape index (κ3) is 3.58. The number of carbonyl (C=O) groups is 2. The van der Waals surface area contributed by atoms with Crippen molar-refractivity contribution >= 4 is 17.6 Å². The largest absolute Gasteiger partial charge is 0.481 e. The smallest absolute Gasteiger partial charge is 0.227 e. The van der Waals surface area contributed by atoms with Gasteiger partial charge in [-0.2, -0.15) is 4.98 Å². The number of piperazine rings is 1. The predicted molar refractivity (Wildman–Crippen MR) is 87.8 cm³/mol. The highest BCUT2D eigenvalue weighted by Gasteiger charge is 2.30. The standard InChI is InChI=1S/C16H23N5O3/c1-11-18-13(9-15(19-11)24-2)20-5-7-21(8-6-20)16(23)12-3-4-14(22)17-10-12/h9,12H,3-8,10H2,1-2H3,(H,17,22). The summed E-state index contributed by atoms with van der Waals surface area (Å²) in [7, 11) is 1.59. The lowest BCUT2D eigenvalue weighted by Gasteiger charge is -2.37. The molecule has 130 valence electrons. The summed E-state index contributed by atoms with van der Waals surface area (Å²) in [6.45, 7) is 5.07. The van der Waals surface area contributed by atoms with Crippen LogP contribution in [0.1, 0.15) is 18.7 Å². The normalized spacial score (nSPS) is 21.4. The second-order valence-electron chi connectivity index (χ2n) is 6.17. The lowest BCUT2D eigenvalue weighted by molar-refractivity contribution is -0.137. The third-order valence-corrected chi connectivity index (χ3v) is 4.54. The number of ether oxygens (including phenoxy) is 1. The minimum atomic E-state index is -0.0874. The van der Waals surface area contributed by atoms with Crippen LogP contribution in [0, 0.1) is 12.8 Å². The minimum Gasteiger partial charge on any atom is -0.481 e. The van der Waals surface area contributed by atoms with Crippen LogP contribution in [0.25, 0.3) is 0 Å². The van der Waals surface area contributed by atoms with E-state index in [-0.39, 0.29) is 17.7 Å². The van der Waals surface area contributed by atoms with Gasteiger partial charge in [0.1, 0.15) is 11.6 Å². The highest BCUT2D eigenvalue weighted by Crippen LogP contribution is 2.20. The van der Waals surface area contributed by atoms with Crippen LogP contribution in [0.2, 0.25) is 0 Å². The first-order valence-corrected chi connectivity index (χ1v) is 8.27. The first-order valence-electron chi connectivity index (χ1n) is 8.27. The molecule has 24 heavy (non-hydrogen) atoms. The maximum atomic E-state index is 12.6. The van der Waals surface area contributed by atoms with E-state index < -0.39 is 0 Å². The molecule has 0 aromatic carbocycles. The molecule has 1 unspecified atom stereocenters. The van der Waals surface area contributed by atoms with E-state index in [2.05, 4.69) is 20.2 Å². The van der Waals surface area contributed by atoms with Gasteiger partial charge in [-0.15, -0.1) is 0 Å². The van der Waals surface area contributed by atoms with Crippen molar-refractivity contribution in [2.75, 3.05) is 44.7 Å². The number of carbonyl (C=O) groups excluding carboxylic acids is 2. The van der Waals surface area contributed by atoms with Gasteiger partial charge in [0.05, 0.1) is 13.0 Å². The van der Waals surface area contributed by atoms with Crippen molar-refractivity contribution in [1.29, 1.82) is 0 Å². The first kappa shape index (κ1) is 16.5. The Bertz CT molecular complexity index is 618. The average Bonchev–Trinajstić information content (AvgIpc) is 2.61. The molecule has 2 fully saturated rings. The van der Waals surface area contributed by atoms with Crippen LogP contribution in [0.5, 0.6) is 5.88 Å². The number of aromatic nitrogens is 2. The van der Waals surface area contributed by atoms with Gasteiger partial charge >= 0.3 is 0 Å². The summed E-state index contributed by atoms with van der Waals surface area (Å²) in [5, 5.41) is 2.78. The summed E-state index contributed by atoms with van der Waals surface area (Å²) < 4.78 is 5.20. The number of hydrogen-bond acceptors (Lipinski definition) is 6. The molecule has 3 heterocycles. The summed E-state index contributed by atoms with van der Waals surface area (Å²) in [4.78, 5) is 36.5. The van der Waals surface area contributed by atoms with Crippen molar-refractivity contribution in [2.24, 2.45) is 5.92 Å². The Hall–Kier alpha value is -2.38. The Labute approximate surface area is 141 Å². The average molecular weight is 333 g/mol. The van der Waals surface area contributed by atoms with Gasteiger partial charge in [0.15, 0.2) is 0 Å². The van der Waals surface area contributed by atoms with Gasteiger partial charge < -0.3 is 19.9 Å². The molecular weight excluding hydrogens is 310 g/mol. The topological polar surface area (TPSA) is 87.7 Å². The molecule has 0 radical (unpaired) electrons. The summed E-state index contributed by atoms with van der Waals surface area (Å²) in [6.07, 6.45) is 1.09. The van der Waals surface area contributed by atoms with Gasteiger partial charge in [-0.1, -0.05) is 0 Å². The molecule has 8 nitrogen and oxygen atoms in total. The van der Waals surface area contributed by atoms with E-state index in [1.54, 1.807) is 7.11 Å². The van der Waals surface area contributed by atoms with E-state index >= 15 is 0 Å².